The van der Waals surface area contributed by atoms with Crippen molar-refractivity contribution in [3.63, 3.8) is 0 Å². The average Bonchev–Trinajstić information content (AvgIpc) is 3.34. The van der Waals surface area contributed by atoms with Crippen LogP contribution in [0.1, 0.15) is 28.7 Å². The summed E-state index contributed by atoms with van der Waals surface area (Å²) < 4.78 is 7.81. The first-order valence-corrected chi connectivity index (χ1v) is 9.75. The van der Waals surface area contributed by atoms with Crippen molar-refractivity contribution in [2.45, 2.75) is 39.4 Å². The first-order chi connectivity index (χ1) is 13.3. The molecule has 1 aromatic heterocycles. The monoisotopic (exact) mass is 361 g/mol. The zero-order chi connectivity index (χ0) is 18.5. The highest BCUT2D eigenvalue weighted by atomic mass is 16.5. The quantitative estimate of drug-likeness (QED) is 0.602. The van der Waals surface area contributed by atoms with Crippen LogP contribution in [-0.4, -0.2) is 27.6 Å². The predicted octanol–water partition coefficient (Wildman–Crippen LogP) is 4.22. The van der Waals surface area contributed by atoms with E-state index in [1.54, 1.807) is 0 Å². The lowest BCUT2D eigenvalue weighted by Gasteiger charge is -2.24. The topological polar surface area (TPSA) is 30.3 Å². The third kappa shape index (κ3) is 4.58. The molecule has 0 saturated carbocycles. The van der Waals surface area contributed by atoms with Gasteiger partial charge in [-0.05, 0) is 41.7 Å². The van der Waals surface area contributed by atoms with Crippen molar-refractivity contribution >= 4 is 0 Å². The minimum absolute atomic E-state index is 0.816. The molecule has 1 aliphatic rings. The number of hydrogen-bond acceptors (Lipinski definition) is 3. The molecule has 0 unspecified atom stereocenters. The van der Waals surface area contributed by atoms with Crippen LogP contribution in [0.3, 0.4) is 0 Å². The molecule has 0 atom stereocenters. The third-order valence-corrected chi connectivity index (χ3v) is 5.27. The van der Waals surface area contributed by atoms with Crippen LogP contribution < -0.4 is 4.74 Å². The van der Waals surface area contributed by atoms with Crippen LogP contribution in [0.5, 0.6) is 5.75 Å². The van der Waals surface area contributed by atoms with Crippen molar-refractivity contribution in [2.24, 2.45) is 0 Å². The zero-order valence-electron chi connectivity index (χ0n) is 16.0. The third-order valence-electron chi connectivity index (χ3n) is 5.27. The van der Waals surface area contributed by atoms with Crippen LogP contribution in [-0.2, 0) is 26.1 Å². The van der Waals surface area contributed by atoms with Gasteiger partial charge in [0, 0.05) is 45.0 Å². The number of benzene rings is 2. The molecule has 140 valence electrons. The second kappa shape index (κ2) is 8.40. The van der Waals surface area contributed by atoms with Crippen molar-refractivity contribution in [3.8, 4) is 5.75 Å². The lowest BCUT2D eigenvalue weighted by molar-refractivity contribution is 0.248. The molecule has 0 aliphatic carbocycles. The Morgan fingerprint density at radius 2 is 2.07 bits per heavy atom. The molecule has 2 heterocycles. The smallest absolute Gasteiger partial charge is 0.122 e. The second-order valence-corrected chi connectivity index (χ2v) is 7.33. The number of aromatic nitrogens is 2. The lowest BCUT2D eigenvalue weighted by Crippen LogP contribution is -2.25. The summed E-state index contributed by atoms with van der Waals surface area (Å²) in [4.78, 5) is 6.69. The van der Waals surface area contributed by atoms with Gasteiger partial charge in [-0.3, -0.25) is 4.90 Å². The Morgan fingerprint density at radius 1 is 1.15 bits per heavy atom. The van der Waals surface area contributed by atoms with Gasteiger partial charge in [-0.2, -0.15) is 0 Å². The fraction of sp³-hybridized carbons (Fsp3) is 0.348. The Morgan fingerprint density at radius 3 is 2.93 bits per heavy atom. The van der Waals surface area contributed by atoms with E-state index >= 15 is 0 Å². The largest absolute Gasteiger partial charge is 0.493 e. The first-order valence-electron chi connectivity index (χ1n) is 9.75. The number of aryl methyl sites for hydroxylation is 2. The number of hydrogen-bond donors (Lipinski definition) is 0. The Balaban J connectivity index is 1.45. The summed E-state index contributed by atoms with van der Waals surface area (Å²) in [6.07, 6.45) is 7.91. The SMILES string of the molecule is Cc1ccccc1CN(CCCn1ccnc1)Cc1ccc2c(c1)CCO2. The maximum Gasteiger partial charge on any atom is 0.122 e. The van der Waals surface area contributed by atoms with Gasteiger partial charge in [0.2, 0.25) is 0 Å². The molecule has 0 spiro atoms. The summed E-state index contributed by atoms with van der Waals surface area (Å²) in [6, 6.07) is 15.4. The number of rotatable bonds is 8. The van der Waals surface area contributed by atoms with Crippen LogP contribution in [0.25, 0.3) is 0 Å². The zero-order valence-corrected chi connectivity index (χ0v) is 16.0. The number of ether oxygens (including phenoxy) is 1. The Labute approximate surface area is 161 Å². The number of imidazole rings is 1. The number of fused-ring (bicyclic) bond motifs is 1. The molecule has 0 radical (unpaired) electrons. The van der Waals surface area contributed by atoms with Gasteiger partial charge in [-0.15, -0.1) is 0 Å². The van der Waals surface area contributed by atoms with Crippen LogP contribution in [0.4, 0.5) is 0 Å². The number of nitrogens with zero attached hydrogens (tertiary/aromatic N) is 3. The molecule has 27 heavy (non-hydrogen) atoms. The molecule has 4 heteroatoms. The van der Waals surface area contributed by atoms with Crippen LogP contribution in [0.15, 0.2) is 61.2 Å². The molecule has 2 aromatic carbocycles. The maximum absolute atomic E-state index is 5.65. The van der Waals surface area contributed by atoms with Gasteiger partial charge >= 0.3 is 0 Å². The molecule has 0 fully saturated rings. The molecule has 4 rings (SSSR count). The lowest BCUT2D eigenvalue weighted by atomic mass is 10.1. The normalized spacial score (nSPS) is 13.0. The summed E-state index contributed by atoms with van der Waals surface area (Å²) in [5, 5.41) is 0. The van der Waals surface area contributed by atoms with E-state index in [2.05, 4.69) is 63.8 Å². The van der Waals surface area contributed by atoms with E-state index in [1.807, 2.05) is 18.7 Å². The van der Waals surface area contributed by atoms with Crippen molar-refractivity contribution in [1.29, 1.82) is 0 Å². The minimum Gasteiger partial charge on any atom is -0.493 e. The molecule has 1 aliphatic heterocycles. The molecule has 4 nitrogen and oxygen atoms in total. The van der Waals surface area contributed by atoms with E-state index in [4.69, 9.17) is 4.74 Å². The molecule has 0 saturated heterocycles. The second-order valence-electron chi connectivity index (χ2n) is 7.33. The van der Waals surface area contributed by atoms with E-state index in [-0.39, 0.29) is 0 Å². The predicted molar refractivity (Wildman–Crippen MR) is 108 cm³/mol. The molecule has 0 amide bonds. The van der Waals surface area contributed by atoms with Crippen LogP contribution in [0.2, 0.25) is 0 Å². The van der Waals surface area contributed by atoms with Crippen LogP contribution in [0, 0.1) is 6.92 Å². The average molecular weight is 361 g/mol. The van der Waals surface area contributed by atoms with Crippen LogP contribution >= 0.6 is 0 Å². The maximum atomic E-state index is 5.65. The van der Waals surface area contributed by atoms with E-state index in [0.717, 1.165) is 51.4 Å². The van der Waals surface area contributed by atoms with E-state index in [0.29, 0.717) is 0 Å². The van der Waals surface area contributed by atoms with E-state index in [1.165, 1.54) is 22.3 Å². The van der Waals surface area contributed by atoms with Gasteiger partial charge in [0.1, 0.15) is 5.75 Å². The summed E-state index contributed by atoms with van der Waals surface area (Å²) >= 11 is 0. The summed E-state index contributed by atoms with van der Waals surface area (Å²) in [5.41, 5.74) is 5.49. The van der Waals surface area contributed by atoms with Crippen molar-refractivity contribution in [2.75, 3.05) is 13.2 Å². The summed E-state index contributed by atoms with van der Waals surface area (Å²) in [5.74, 6) is 1.06. The molecule has 0 N–H and O–H groups in total. The highest BCUT2D eigenvalue weighted by Crippen LogP contribution is 2.26. The van der Waals surface area contributed by atoms with E-state index < -0.39 is 0 Å². The first kappa shape index (κ1) is 17.8. The fourth-order valence-corrected chi connectivity index (χ4v) is 3.73. The highest BCUT2D eigenvalue weighted by molar-refractivity contribution is 5.39. The van der Waals surface area contributed by atoms with Crippen molar-refractivity contribution in [1.82, 2.24) is 14.5 Å². The van der Waals surface area contributed by atoms with Gasteiger partial charge in [0.05, 0.1) is 12.9 Å². The van der Waals surface area contributed by atoms with Crippen molar-refractivity contribution < 1.29 is 4.74 Å². The van der Waals surface area contributed by atoms with Gasteiger partial charge < -0.3 is 9.30 Å². The van der Waals surface area contributed by atoms with Gasteiger partial charge in [0.15, 0.2) is 0 Å². The minimum atomic E-state index is 0.816. The Kier molecular flexibility index (Phi) is 5.54. The van der Waals surface area contributed by atoms with Gasteiger partial charge in [0.25, 0.3) is 0 Å². The molecule has 3 aromatic rings. The Bertz CT molecular complexity index is 873. The standard InChI is InChI=1S/C23H27N3O/c1-19-5-2-3-6-22(19)17-26(12-4-11-25-13-10-24-18-25)16-20-7-8-23-21(15-20)9-14-27-23/h2-3,5-8,10,13,15,18H,4,9,11-12,14,16-17H2,1H3. The van der Waals surface area contributed by atoms with Crippen molar-refractivity contribution in [3.05, 3.63) is 83.4 Å². The van der Waals surface area contributed by atoms with Gasteiger partial charge in [-0.1, -0.05) is 36.4 Å². The summed E-state index contributed by atoms with van der Waals surface area (Å²) in [6.45, 7) is 7.01. The highest BCUT2D eigenvalue weighted by Gasteiger charge is 2.14. The molecular formula is C23H27N3O. The fourth-order valence-electron chi connectivity index (χ4n) is 3.73. The molecular weight excluding hydrogens is 334 g/mol. The molecule has 0 bridgehead atoms. The Hall–Kier alpha value is -2.59. The summed E-state index contributed by atoms with van der Waals surface area (Å²) in [7, 11) is 0. The van der Waals surface area contributed by atoms with E-state index in [9.17, 15) is 0 Å². The van der Waals surface area contributed by atoms with Gasteiger partial charge in [-0.25, -0.2) is 4.98 Å².